The minimum atomic E-state index is 0.244. The van der Waals surface area contributed by atoms with Crippen molar-refractivity contribution in [3.8, 4) is 28.8 Å². The fourth-order valence-electron chi connectivity index (χ4n) is 2.72. The number of aromatic nitrogens is 2. The van der Waals surface area contributed by atoms with Crippen molar-refractivity contribution < 1.29 is 9.47 Å². The second-order valence-electron chi connectivity index (χ2n) is 5.24. The van der Waals surface area contributed by atoms with Crippen LogP contribution in [0.3, 0.4) is 0 Å². The van der Waals surface area contributed by atoms with E-state index in [4.69, 9.17) is 14.7 Å². The first kappa shape index (κ1) is 12.7. The van der Waals surface area contributed by atoms with Crippen LogP contribution in [-0.2, 0) is 6.42 Å². The number of pyridine rings is 1. The molecule has 0 radical (unpaired) electrons. The molecule has 3 aromatic rings. The molecule has 0 amide bonds. The van der Waals surface area contributed by atoms with Gasteiger partial charge in [0.25, 0.3) is 0 Å². The molecule has 0 bridgehead atoms. The monoisotopic (exact) mass is 291 g/mol. The van der Waals surface area contributed by atoms with E-state index in [0.29, 0.717) is 12.2 Å². The lowest BCUT2D eigenvalue weighted by atomic mass is 10.1. The summed E-state index contributed by atoms with van der Waals surface area (Å²) in [6.07, 6.45) is 2.31. The Morgan fingerprint density at radius 1 is 1.23 bits per heavy atom. The molecule has 5 nitrogen and oxygen atoms in total. The van der Waals surface area contributed by atoms with Gasteiger partial charge >= 0.3 is 0 Å². The average Bonchev–Trinajstić information content (AvgIpc) is 3.12. The van der Waals surface area contributed by atoms with Crippen LogP contribution in [-0.4, -0.2) is 16.2 Å². The molecule has 0 aliphatic carbocycles. The fourth-order valence-corrected chi connectivity index (χ4v) is 2.72. The fraction of sp³-hybridized carbons (Fsp3) is 0.176. The van der Waals surface area contributed by atoms with E-state index in [1.807, 2.05) is 47.9 Å². The Morgan fingerprint density at radius 2 is 2.09 bits per heavy atom. The molecule has 108 valence electrons. The first-order valence-corrected chi connectivity index (χ1v) is 7.01. The number of hydrogen-bond acceptors (Lipinski definition) is 4. The Bertz CT molecular complexity index is 922. The first-order chi connectivity index (χ1) is 10.8. The lowest BCUT2D eigenvalue weighted by Crippen LogP contribution is -1.94. The van der Waals surface area contributed by atoms with E-state index in [2.05, 4.69) is 11.1 Å². The number of imidazole rings is 1. The number of fused-ring (bicyclic) bond motifs is 2. The molecule has 0 saturated carbocycles. The zero-order valence-electron chi connectivity index (χ0n) is 12.0. The number of ether oxygens (including phenoxy) is 2. The molecular weight excluding hydrogens is 278 g/mol. The van der Waals surface area contributed by atoms with Crippen LogP contribution >= 0.6 is 0 Å². The number of nitriles is 1. The summed E-state index contributed by atoms with van der Waals surface area (Å²) in [7, 11) is 0. The number of hydrogen-bond donors (Lipinski definition) is 0. The van der Waals surface area contributed by atoms with Crippen LogP contribution < -0.4 is 9.47 Å². The molecular formula is C17H13N3O2. The summed E-state index contributed by atoms with van der Waals surface area (Å²) in [6.45, 7) is 2.27. The summed E-state index contributed by atoms with van der Waals surface area (Å²) in [5.74, 6) is 1.46. The summed E-state index contributed by atoms with van der Waals surface area (Å²) >= 11 is 0. The molecule has 5 heteroatoms. The van der Waals surface area contributed by atoms with E-state index < -0.39 is 0 Å². The van der Waals surface area contributed by atoms with Gasteiger partial charge in [0.15, 0.2) is 11.5 Å². The van der Waals surface area contributed by atoms with Crippen molar-refractivity contribution in [2.45, 2.75) is 13.3 Å². The molecule has 2 aromatic heterocycles. The van der Waals surface area contributed by atoms with Crippen LogP contribution in [0, 0.1) is 18.3 Å². The van der Waals surface area contributed by atoms with E-state index >= 15 is 0 Å². The predicted octanol–water partition coefficient (Wildman–Crippen LogP) is 3.10. The molecule has 4 rings (SSSR count). The Balaban J connectivity index is 1.94. The van der Waals surface area contributed by atoms with E-state index in [0.717, 1.165) is 33.9 Å². The largest absolute Gasteiger partial charge is 0.454 e. The van der Waals surface area contributed by atoms with Gasteiger partial charge in [-0.3, -0.25) is 0 Å². The van der Waals surface area contributed by atoms with Crippen molar-refractivity contribution >= 4 is 5.65 Å². The summed E-state index contributed by atoms with van der Waals surface area (Å²) in [4.78, 5) is 4.68. The van der Waals surface area contributed by atoms with Crippen molar-refractivity contribution in [1.29, 1.82) is 5.26 Å². The van der Waals surface area contributed by atoms with Gasteiger partial charge in [-0.05, 0) is 36.8 Å². The van der Waals surface area contributed by atoms with Gasteiger partial charge in [-0.25, -0.2) is 4.98 Å². The topological polar surface area (TPSA) is 59.5 Å². The molecule has 3 heterocycles. The molecule has 1 aromatic carbocycles. The van der Waals surface area contributed by atoms with Crippen LogP contribution in [0.15, 0.2) is 36.5 Å². The maximum atomic E-state index is 9.16. The molecule has 0 N–H and O–H groups in total. The maximum Gasteiger partial charge on any atom is 0.231 e. The van der Waals surface area contributed by atoms with Crippen molar-refractivity contribution in [2.24, 2.45) is 0 Å². The lowest BCUT2D eigenvalue weighted by Gasteiger charge is -2.03. The molecule has 0 unspecified atom stereocenters. The molecule has 22 heavy (non-hydrogen) atoms. The third-order valence-electron chi connectivity index (χ3n) is 3.76. The van der Waals surface area contributed by atoms with Gasteiger partial charge in [-0.15, -0.1) is 0 Å². The van der Waals surface area contributed by atoms with Crippen molar-refractivity contribution in [3.05, 3.63) is 47.8 Å². The van der Waals surface area contributed by atoms with Crippen LogP contribution in [0.5, 0.6) is 11.5 Å². The highest BCUT2D eigenvalue weighted by atomic mass is 16.7. The van der Waals surface area contributed by atoms with Crippen molar-refractivity contribution in [3.63, 3.8) is 0 Å². The quantitative estimate of drug-likeness (QED) is 0.728. The van der Waals surface area contributed by atoms with Gasteiger partial charge in [0, 0.05) is 11.8 Å². The van der Waals surface area contributed by atoms with Gasteiger partial charge in [-0.2, -0.15) is 5.26 Å². The van der Waals surface area contributed by atoms with Crippen LogP contribution in [0.4, 0.5) is 0 Å². The zero-order chi connectivity index (χ0) is 15.1. The van der Waals surface area contributed by atoms with Crippen LogP contribution in [0.1, 0.15) is 11.3 Å². The van der Waals surface area contributed by atoms with E-state index in [-0.39, 0.29) is 6.79 Å². The van der Waals surface area contributed by atoms with E-state index in [1.54, 1.807) is 0 Å². The molecule has 0 spiro atoms. The predicted molar refractivity (Wildman–Crippen MR) is 80.8 cm³/mol. The molecule has 0 fully saturated rings. The van der Waals surface area contributed by atoms with E-state index in [1.165, 1.54) is 0 Å². The Kier molecular flexibility index (Phi) is 2.76. The molecule has 0 atom stereocenters. The first-order valence-electron chi connectivity index (χ1n) is 7.01. The third kappa shape index (κ3) is 1.89. The molecule has 0 saturated heterocycles. The second-order valence-corrected chi connectivity index (χ2v) is 5.24. The van der Waals surface area contributed by atoms with E-state index in [9.17, 15) is 0 Å². The summed E-state index contributed by atoms with van der Waals surface area (Å²) in [6, 6.07) is 11.9. The van der Waals surface area contributed by atoms with Crippen LogP contribution in [0.25, 0.3) is 16.9 Å². The Morgan fingerprint density at radius 3 is 2.95 bits per heavy atom. The Hall–Kier alpha value is -3.00. The zero-order valence-corrected chi connectivity index (χ0v) is 12.0. The SMILES string of the molecule is Cc1ccc2nc(-c3ccc4c(c3)OCO4)c(CC#N)n2c1. The number of nitrogens with zero attached hydrogens (tertiary/aromatic N) is 3. The summed E-state index contributed by atoms with van der Waals surface area (Å²) in [5.41, 5.74) is 4.59. The van der Waals surface area contributed by atoms with Gasteiger partial charge in [0.2, 0.25) is 6.79 Å². The highest BCUT2D eigenvalue weighted by molar-refractivity contribution is 5.70. The van der Waals surface area contributed by atoms with Gasteiger partial charge in [-0.1, -0.05) is 6.07 Å². The van der Waals surface area contributed by atoms with Crippen LogP contribution in [0.2, 0.25) is 0 Å². The molecule has 1 aliphatic rings. The van der Waals surface area contributed by atoms with Gasteiger partial charge < -0.3 is 13.9 Å². The number of rotatable bonds is 2. The number of benzene rings is 1. The smallest absolute Gasteiger partial charge is 0.231 e. The maximum absolute atomic E-state index is 9.16. The van der Waals surface area contributed by atoms with Gasteiger partial charge in [0.05, 0.1) is 23.9 Å². The summed E-state index contributed by atoms with van der Waals surface area (Å²) < 4.78 is 12.8. The Labute approximate surface area is 127 Å². The normalized spacial score (nSPS) is 12.5. The van der Waals surface area contributed by atoms with Gasteiger partial charge in [0.1, 0.15) is 5.65 Å². The number of aryl methyl sites for hydroxylation is 1. The van der Waals surface area contributed by atoms with Crippen molar-refractivity contribution in [2.75, 3.05) is 6.79 Å². The molecule has 1 aliphatic heterocycles. The standard InChI is InChI=1S/C17H13N3O2/c1-11-2-5-16-19-17(13(6-7-18)20(16)9-11)12-3-4-14-15(8-12)22-10-21-14/h2-5,8-9H,6,10H2,1H3. The minimum absolute atomic E-state index is 0.244. The highest BCUT2D eigenvalue weighted by Gasteiger charge is 2.18. The highest BCUT2D eigenvalue weighted by Crippen LogP contribution is 2.36. The third-order valence-corrected chi connectivity index (χ3v) is 3.76. The van der Waals surface area contributed by atoms with Crippen molar-refractivity contribution in [1.82, 2.24) is 9.38 Å². The second kappa shape index (κ2) is 4.78. The average molecular weight is 291 g/mol. The minimum Gasteiger partial charge on any atom is -0.454 e. The summed E-state index contributed by atoms with van der Waals surface area (Å²) in [5, 5.41) is 9.16. The lowest BCUT2D eigenvalue weighted by molar-refractivity contribution is 0.174.